The summed E-state index contributed by atoms with van der Waals surface area (Å²) < 4.78 is 30.0. The van der Waals surface area contributed by atoms with E-state index in [0.717, 1.165) is 24.2 Å². The van der Waals surface area contributed by atoms with E-state index >= 15 is 0 Å². The maximum Gasteiger partial charge on any atom is 0.246 e. The fourth-order valence-electron chi connectivity index (χ4n) is 2.29. The Morgan fingerprint density at radius 2 is 1.95 bits per heavy atom. The third kappa shape index (κ3) is 3.22. The number of aromatic nitrogens is 4. The average Bonchev–Trinajstić information content (AvgIpc) is 3.08. The zero-order valence-electron chi connectivity index (χ0n) is 13.5. The molecule has 2 rings (SSSR count). The van der Waals surface area contributed by atoms with Gasteiger partial charge in [-0.2, -0.15) is 14.5 Å². The fraction of sp³-hybridized carbons (Fsp3) is 0.571. The quantitative estimate of drug-likeness (QED) is 0.776. The molecule has 2 aromatic heterocycles. The van der Waals surface area contributed by atoms with Crippen molar-refractivity contribution in [3.63, 3.8) is 0 Å². The van der Waals surface area contributed by atoms with Gasteiger partial charge in [-0.1, -0.05) is 6.92 Å². The van der Waals surface area contributed by atoms with Gasteiger partial charge in [0.15, 0.2) is 0 Å². The van der Waals surface area contributed by atoms with E-state index in [2.05, 4.69) is 10.2 Å². The lowest BCUT2D eigenvalue weighted by molar-refractivity contribution is 0.465. The van der Waals surface area contributed by atoms with Gasteiger partial charge in [0.1, 0.15) is 4.90 Å². The van der Waals surface area contributed by atoms with Crippen LogP contribution in [0.4, 0.5) is 0 Å². The van der Waals surface area contributed by atoms with Crippen LogP contribution in [0.25, 0.3) is 0 Å². The Hall–Kier alpha value is -1.67. The van der Waals surface area contributed by atoms with Crippen molar-refractivity contribution < 1.29 is 8.42 Å². The molecular weight excluding hydrogens is 302 g/mol. The lowest BCUT2D eigenvalue weighted by atomic mass is 10.2. The molecule has 0 aliphatic rings. The Labute approximate surface area is 131 Å². The molecule has 22 heavy (non-hydrogen) atoms. The molecule has 0 amide bonds. The van der Waals surface area contributed by atoms with Crippen LogP contribution < -0.4 is 0 Å². The summed E-state index contributed by atoms with van der Waals surface area (Å²) in [6, 6.07) is 0. The van der Waals surface area contributed by atoms with Crippen LogP contribution in [-0.4, -0.2) is 39.3 Å². The molecule has 0 aromatic carbocycles. The summed E-state index contributed by atoms with van der Waals surface area (Å²) in [5.74, 6) is 0. The van der Waals surface area contributed by atoms with Crippen LogP contribution in [0.2, 0.25) is 0 Å². The Bertz CT molecular complexity index is 732. The smallest absolute Gasteiger partial charge is 0.246 e. The van der Waals surface area contributed by atoms with E-state index in [1.807, 2.05) is 25.5 Å². The summed E-state index contributed by atoms with van der Waals surface area (Å²) in [4.78, 5) is 0.226. The van der Waals surface area contributed by atoms with Gasteiger partial charge in [0.25, 0.3) is 0 Å². The molecule has 0 aliphatic carbocycles. The molecule has 0 saturated heterocycles. The second-order valence-corrected chi connectivity index (χ2v) is 7.32. The Morgan fingerprint density at radius 3 is 2.55 bits per heavy atom. The molecule has 122 valence electrons. The molecule has 2 aromatic rings. The predicted octanol–water partition coefficient (Wildman–Crippen LogP) is 1.64. The third-order valence-electron chi connectivity index (χ3n) is 3.67. The SMILES string of the molecule is CCCn1cc(S(=O)(=O)N(C)Cc2cnn(CC)c2C)cn1. The van der Waals surface area contributed by atoms with Gasteiger partial charge in [-0.05, 0) is 20.3 Å². The molecule has 2 heterocycles. The zero-order chi connectivity index (χ0) is 16.3. The second-order valence-electron chi connectivity index (χ2n) is 5.27. The fourth-order valence-corrected chi connectivity index (χ4v) is 3.40. The highest BCUT2D eigenvalue weighted by molar-refractivity contribution is 7.89. The van der Waals surface area contributed by atoms with Crippen LogP contribution in [0.1, 0.15) is 31.5 Å². The van der Waals surface area contributed by atoms with Gasteiger partial charge in [0, 0.05) is 44.1 Å². The first-order chi connectivity index (χ1) is 10.4. The highest BCUT2D eigenvalue weighted by Crippen LogP contribution is 2.18. The van der Waals surface area contributed by atoms with Crippen LogP contribution in [0.5, 0.6) is 0 Å². The van der Waals surface area contributed by atoms with Gasteiger partial charge >= 0.3 is 0 Å². The molecule has 0 atom stereocenters. The van der Waals surface area contributed by atoms with Gasteiger partial charge in [-0.15, -0.1) is 0 Å². The van der Waals surface area contributed by atoms with Crippen molar-refractivity contribution >= 4 is 10.0 Å². The van der Waals surface area contributed by atoms with Crippen molar-refractivity contribution in [1.82, 2.24) is 23.9 Å². The van der Waals surface area contributed by atoms with E-state index in [1.54, 1.807) is 24.1 Å². The summed E-state index contributed by atoms with van der Waals surface area (Å²) in [7, 11) is -1.96. The van der Waals surface area contributed by atoms with E-state index in [-0.39, 0.29) is 4.90 Å². The highest BCUT2D eigenvalue weighted by Gasteiger charge is 2.23. The molecule has 0 bridgehead atoms. The van der Waals surface area contributed by atoms with Gasteiger partial charge in [-0.3, -0.25) is 9.36 Å². The summed E-state index contributed by atoms with van der Waals surface area (Å²) >= 11 is 0. The lowest BCUT2D eigenvalue weighted by Crippen LogP contribution is -2.26. The zero-order valence-corrected chi connectivity index (χ0v) is 14.3. The first-order valence-electron chi connectivity index (χ1n) is 7.40. The van der Waals surface area contributed by atoms with Crippen LogP contribution in [0.3, 0.4) is 0 Å². The topological polar surface area (TPSA) is 73.0 Å². The molecule has 0 saturated carbocycles. The first-order valence-corrected chi connectivity index (χ1v) is 8.84. The van der Waals surface area contributed by atoms with E-state index in [1.165, 1.54) is 10.5 Å². The monoisotopic (exact) mass is 325 g/mol. The minimum Gasteiger partial charge on any atom is -0.271 e. The molecular formula is C14H23N5O2S. The number of rotatable bonds is 7. The van der Waals surface area contributed by atoms with Crippen molar-refractivity contribution in [2.75, 3.05) is 7.05 Å². The summed E-state index contributed by atoms with van der Waals surface area (Å²) in [6.07, 6.45) is 5.62. The minimum atomic E-state index is -3.54. The van der Waals surface area contributed by atoms with Crippen LogP contribution in [0, 0.1) is 6.92 Å². The van der Waals surface area contributed by atoms with Crippen LogP contribution in [-0.2, 0) is 29.7 Å². The Morgan fingerprint density at radius 1 is 1.23 bits per heavy atom. The molecule has 7 nitrogen and oxygen atoms in total. The van der Waals surface area contributed by atoms with Crippen molar-refractivity contribution in [1.29, 1.82) is 0 Å². The first kappa shape index (κ1) is 16.7. The minimum absolute atomic E-state index is 0.226. The lowest BCUT2D eigenvalue weighted by Gasteiger charge is -2.15. The van der Waals surface area contributed by atoms with Gasteiger partial charge < -0.3 is 0 Å². The molecule has 8 heteroatoms. The third-order valence-corrected chi connectivity index (χ3v) is 5.42. The standard InChI is InChI=1S/C14H23N5O2S/c1-5-7-18-11-14(9-15-18)22(20,21)17(4)10-13-8-16-19(6-2)12(13)3/h8-9,11H,5-7,10H2,1-4H3. The van der Waals surface area contributed by atoms with Gasteiger partial charge in [0.05, 0.1) is 12.4 Å². The van der Waals surface area contributed by atoms with Crippen molar-refractivity contribution in [3.8, 4) is 0 Å². The average molecular weight is 325 g/mol. The van der Waals surface area contributed by atoms with Crippen molar-refractivity contribution in [3.05, 3.63) is 29.8 Å². The van der Waals surface area contributed by atoms with Crippen LogP contribution in [0.15, 0.2) is 23.5 Å². The number of nitrogens with zero attached hydrogens (tertiary/aromatic N) is 5. The van der Waals surface area contributed by atoms with Crippen LogP contribution >= 0.6 is 0 Å². The van der Waals surface area contributed by atoms with Gasteiger partial charge in [0.2, 0.25) is 10.0 Å². The second kappa shape index (κ2) is 6.62. The normalized spacial score (nSPS) is 12.2. The Kier molecular flexibility index (Phi) is 5.02. The van der Waals surface area contributed by atoms with E-state index < -0.39 is 10.0 Å². The Balaban J connectivity index is 2.19. The maximum absolute atomic E-state index is 12.6. The molecule has 0 fully saturated rings. The molecule has 0 radical (unpaired) electrons. The molecule has 0 unspecified atom stereocenters. The number of hydrogen-bond donors (Lipinski definition) is 0. The summed E-state index contributed by atoms with van der Waals surface area (Å²) in [5, 5.41) is 8.34. The highest BCUT2D eigenvalue weighted by atomic mass is 32.2. The molecule has 0 spiro atoms. The largest absolute Gasteiger partial charge is 0.271 e. The maximum atomic E-state index is 12.6. The van der Waals surface area contributed by atoms with E-state index in [4.69, 9.17) is 0 Å². The number of hydrogen-bond acceptors (Lipinski definition) is 4. The number of aryl methyl sites for hydroxylation is 2. The molecule has 0 N–H and O–H groups in total. The van der Waals surface area contributed by atoms with E-state index in [0.29, 0.717) is 13.1 Å². The number of sulfonamides is 1. The van der Waals surface area contributed by atoms with E-state index in [9.17, 15) is 8.42 Å². The van der Waals surface area contributed by atoms with Gasteiger partial charge in [-0.25, -0.2) is 8.42 Å². The molecule has 0 aliphatic heterocycles. The summed E-state index contributed by atoms with van der Waals surface area (Å²) in [5.41, 5.74) is 1.90. The van der Waals surface area contributed by atoms with Crippen molar-refractivity contribution in [2.45, 2.75) is 51.7 Å². The van der Waals surface area contributed by atoms with Crippen molar-refractivity contribution in [2.24, 2.45) is 0 Å². The summed E-state index contributed by atoms with van der Waals surface area (Å²) in [6.45, 7) is 7.76. The predicted molar refractivity (Wildman–Crippen MR) is 83.8 cm³/mol.